The van der Waals surface area contributed by atoms with Crippen LogP contribution in [0, 0.1) is 6.92 Å². The van der Waals surface area contributed by atoms with Crippen LogP contribution in [0.25, 0.3) is 0 Å². The minimum absolute atomic E-state index is 0.210. The molecule has 1 atom stereocenters. The van der Waals surface area contributed by atoms with Gasteiger partial charge in [0.25, 0.3) is 0 Å². The Morgan fingerprint density at radius 1 is 1.30 bits per heavy atom. The van der Waals surface area contributed by atoms with Crippen LogP contribution in [0.3, 0.4) is 0 Å². The second-order valence-corrected chi connectivity index (χ2v) is 8.16. The fraction of sp³-hybridized carbons (Fsp3) is 0.591. The number of piperidine rings is 1. The minimum atomic E-state index is -0.584. The van der Waals surface area contributed by atoms with E-state index in [4.69, 9.17) is 9.47 Å². The van der Waals surface area contributed by atoms with Crippen LogP contribution < -0.4 is 9.47 Å². The number of hydrogen-bond acceptors (Lipinski definition) is 7. The molecule has 1 aromatic carbocycles. The van der Waals surface area contributed by atoms with Crippen molar-refractivity contribution in [3.8, 4) is 11.5 Å². The van der Waals surface area contributed by atoms with E-state index in [0.717, 1.165) is 54.5 Å². The Morgan fingerprint density at radius 2 is 2.07 bits per heavy atom. The number of ether oxygens (including phenoxy) is 2. The van der Waals surface area contributed by atoms with Crippen LogP contribution in [-0.4, -0.2) is 82.6 Å². The van der Waals surface area contributed by atoms with Gasteiger partial charge < -0.3 is 29.6 Å². The van der Waals surface area contributed by atoms with Crippen molar-refractivity contribution in [1.82, 2.24) is 19.8 Å². The van der Waals surface area contributed by atoms with Crippen LogP contribution in [0.2, 0.25) is 0 Å². The molecule has 1 aromatic heterocycles. The number of aryl methyl sites for hydroxylation is 1. The second-order valence-electron chi connectivity index (χ2n) is 8.16. The fourth-order valence-corrected chi connectivity index (χ4v) is 3.74. The van der Waals surface area contributed by atoms with Crippen LogP contribution in [0.1, 0.15) is 29.9 Å². The summed E-state index contributed by atoms with van der Waals surface area (Å²) < 4.78 is 11.4. The molecule has 3 N–H and O–H groups in total. The largest absolute Gasteiger partial charge is 0.497 e. The van der Waals surface area contributed by atoms with E-state index in [2.05, 4.69) is 19.8 Å². The Kier molecular flexibility index (Phi) is 8.09. The van der Waals surface area contributed by atoms with E-state index in [0.29, 0.717) is 19.6 Å². The quantitative estimate of drug-likeness (QED) is 0.539. The Labute approximate surface area is 178 Å². The first kappa shape index (κ1) is 22.6. The lowest BCUT2D eigenvalue weighted by atomic mass is 10.1. The molecule has 0 spiro atoms. The van der Waals surface area contributed by atoms with Gasteiger partial charge in [-0.2, -0.15) is 0 Å². The number of rotatable bonds is 10. The van der Waals surface area contributed by atoms with Crippen molar-refractivity contribution in [2.75, 3.05) is 40.4 Å². The number of likely N-dealkylation sites (tertiary alicyclic amines) is 1. The first-order valence-electron chi connectivity index (χ1n) is 10.5. The summed E-state index contributed by atoms with van der Waals surface area (Å²) in [6.07, 6.45) is 2.56. The van der Waals surface area contributed by atoms with Gasteiger partial charge >= 0.3 is 0 Å². The molecular formula is C22H34N4O4. The van der Waals surface area contributed by atoms with Crippen molar-refractivity contribution < 1.29 is 19.7 Å². The SMILES string of the molecule is COc1ccc(OC[C@@H](O)CN2CCC(O)CC2)c(CN(C)Cc2ncc(C)[nH]2)c1. The molecule has 1 saturated heterocycles. The molecule has 1 fully saturated rings. The summed E-state index contributed by atoms with van der Waals surface area (Å²) in [5, 5.41) is 20.0. The summed E-state index contributed by atoms with van der Waals surface area (Å²) in [6.45, 7) is 5.73. The molecular weight excluding hydrogens is 384 g/mol. The summed E-state index contributed by atoms with van der Waals surface area (Å²) in [6, 6.07) is 5.73. The van der Waals surface area contributed by atoms with Crippen LogP contribution in [0.5, 0.6) is 11.5 Å². The Hall–Kier alpha value is -2.13. The van der Waals surface area contributed by atoms with E-state index >= 15 is 0 Å². The van der Waals surface area contributed by atoms with E-state index in [1.165, 1.54) is 0 Å². The summed E-state index contributed by atoms with van der Waals surface area (Å²) in [7, 11) is 3.68. The number of aromatic nitrogens is 2. The Morgan fingerprint density at radius 3 is 2.73 bits per heavy atom. The molecule has 0 aliphatic carbocycles. The van der Waals surface area contributed by atoms with Crippen LogP contribution in [-0.2, 0) is 13.1 Å². The number of benzene rings is 1. The number of nitrogens with zero attached hydrogens (tertiary/aromatic N) is 3. The zero-order valence-electron chi connectivity index (χ0n) is 18.2. The molecule has 1 aliphatic heterocycles. The number of H-pyrrole nitrogens is 1. The molecule has 0 unspecified atom stereocenters. The fourth-order valence-electron chi connectivity index (χ4n) is 3.74. The average Bonchev–Trinajstić information content (AvgIpc) is 3.13. The summed E-state index contributed by atoms with van der Waals surface area (Å²) in [5.41, 5.74) is 2.04. The molecule has 8 heteroatoms. The molecule has 166 valence electrons. The zero-order valence-corrected chi connectivity index (χ0v) is 18.2. The van der Waals surface area contributed by atoms with E-state index in [9.17, 15) is 10.2 Å². The molecule has 30 heavy (non-hydrogen) atoms. The molecule has 2 aromatic rings. The summed E-state index contributed by atoms with van der Waals surface area (Å²) >= 11 is 0. The van der Waals surface area contributed by atoms with Gasteiger partial charge in [-0.15, -0.1) is 0 Å². The number of aliphatic hydroxyl groups excluding tert-OH is 2. The predicted octanol–water partition coefficient (Wildman–Crippen LogP) is 1.56. The number of methoxy groups -OCH3 is 1. The normalized spacial score (nSPS) is 16.7. The van der Waals surface area contributed by atoms with Crippen molar-refractivity contribution in [2.24, 2.45) is 0 Å². The molecule has 8 nitrogen and oxygen atoms in total. The highest BCUT2D eigenvalue weighted by atomic mass is 16.5. The van der Waals surface area contributed by atoms with Crippen LogP contribution >= 0.6 is 0 Å². The maximum absolute atomic E-state index is 10.4. The molecule has 3 rings (SSSR count). The van der Waals surface area contributed by atoms with Gasteiger partial charge in [0.2, 0.25) is 0 Å². The van der Waals surface area contributed by atoms with Crippen LogP contribution in [0.4, 0.5) is 0 Å². The molecule has 0 bridgehead atoms. The van der Waals surface area contributed by atoms with Gasteiger partial charge in [0, 0.05) is 43.6 Å². The lowest BCUT2D eigenvalue weighted by Gasteiger charge is -2.31. The lowest BCUT2D eigenvalue weighted by molar-refractivity contribution is 0.0335. The third-order valence-electron chi connectivity index (χ3n) is 5.34. The lowest BCUT2D eigenvalue weighted by Crippen LogP contribution is -2.41. The molecule has 0 radical (unpaired) electrons. The van der Waals surface area contributed by atoms with Crippen molar-refractivity contribution in [2.45, 2.75) is 45.1 Å². The topological polar surface area (TPSA) is 94.1 Å². The maximum atomic E-state index is 10.4. The first-order chi connectivity index (χ1) is 14.4. The predicted molar refractivity (Wildman–Crippen MR) is 115 cm³/mol. The van der Waals surface area contributed by atoms with E-state index < -0.39 is 6.10 Å². The molecule has 2 heterocycles. The smallest absolute Gasteiger partial charge is 0.124 e. The molecule has 0 amide bonds. The van der Waals surface area contributed by atoms with Crippen molar-refractivity contribution in [3.05, 3.63) is 41.5 Å². The van der Waals surface area contributed by atoms with E-state index in [1.54, 1.807) is 7.11 Å². The van der Waals surface area contributed by atoms with Gasteiger partial charge in [-0.25, -0.2) is 4.98 Å². The third-order valence-corrected chi connectivity index (χ3v) is 5.34. The number of imidazole rings is 1. The standard InChI is InChI=1S/C22H34N4O4/c1-16-11-23-22(24-16)14-25(2)12-17-10-20(29-3)4-5-21(17)30-15-19(28)13-26-8-6-18(27)7-9-26/h4-5,10-11,18-19,27-28H,6-9,12-15H2,1-3H3,(H,23,24)/t19-/m0/s1. The van der Waals surface area contributed by atoms with Gasteiger partial charge in [0.05, 0.1) is 19.8 Å². The Bertz CT molecular complexity index is 789. The second kappa shape index (κ2) is 10.8. The van der Waals surface area contributed by atoms with Gasteiger partial charge in [-0.3, -0.25) is 4.90 Å². The van der Waals surface area contributed by atoms with Crippen molar-refractivity contribution in [3.63, 3.8) is 0 Å². The summed E-state index contributed by atoms with van der Waals surface area (Å²) in [4.78, 5) is 11.9. The minimum Gasteiger partial charge on any atom is -0.497 e. The number of aliphatic hydroxyl groups is 2. The van der Waals surface area contributed by atoms with Gasteiger partial charge in [0.1, 0.15) is 30.0 Å². The van der Waals surface area contributed by atoms with Crippen molar-refractivity contribution >= 4 is 0 Å². The molecule has 0 saturated carbocycles. The highest BCUT2D eigenvalue weighted by Gasteiger charge is 2.20. The number of aromatic amines is 1. The maximum Gasteiger partial charge on any atom is 0.124 e. The zero-order chi connectivity index (χ0) is 21.5. The third kappa shape index (κ3) is 6.70. The van der Waals surface area contributed by atoms with Gasteiger partial charge in [0.15, 0.2) is 0 Å². The Balaban J connectivity index is 1.57. The van der Waals surface area contributed by atoms with Crippen molar-refractivity contribution in [1.29, 1.82) is 0 Å². The highest BCUT2D eigenvalue weighted by Crippen LogP contribution is 2.26. The van der Waals surface area contributed by atoms with Gasteiger partial charge in [-0.05, 0) is 45.0 Å². The summed E-state index contributed by atoms with van der Waals surface area (Å²) in [5.74, 6) is 2.43. The van der Waals surface area contributed by atoms with E-state index in [-0.39, 0.29) is 12.7 Å². The van der Waals surface area contributed by atoms with Gasteiger partial charge in [-0.1, -0.05) is 0 Å². The highest BCUT2D eigenvalue weighted by molar-refractivity contribution is 5.40. The number of nitrogens with one attached hydrogen (secondary N) is 1. The first-order valence-corrected chi connectivity index (χ1v) is 10.5. The van der Waals surface area contributed by atoms with E-state index in [1.807, 2.05) is 38.4 Å². The molecule has 1 aliphatic rings. The average molecular weight is 419 g/mol. The monoisotopic (exact) mass is 418 g/mol. The number of hydrogen-bond donors (Lipinski definition) is 3. The van der Waals surface area contributed by atoms with Crippen LogP contribution in [0.15, 0.2) is 24.4 Å². The number of β-amino-alcohol motifs (C(OH)–C–C–N with tert-alkyl or cyclic N) is 1.